The molecule has 0 unspecified atom stereocenters. The van der Waals surface area contributed by atoms with Gasteiger partial charge in [0.2, 0.25) is 0 Å². The maximum Gasteiger partial charge on any atom is 0.396 e. The van der Waals surface area contributed by atoms with E-state index in [9.17, 15) is 14.4 Å². The molecule has 0 heterocycles. The molecule has 0 aromatic carbocycles. The number of Topliss-reactive ketones (excluding diaryl/α,β-unsaturated/α-hetero) is 1. The maximum absolute atomic E-state index is 11.4. The molecule has 5 nitrogen and oxygen atoms in total. The number of carbonyl (C=O) groups is 3. The Balaban J connectivity index is 3.93. The van der Waals surface area contributed by atoms with Crippen molar-refractivity contribution in [2.45, 2.75) is 34.1 Å². The first-order valence-corrected chi connectivity index (χ1v) is 5.23. The molecule has 0 aromatic heterocycles. The van der Waals surface area contributed by atoms with Gasteiger partial charge >= 0.3 is 11.9 Å². The molecule has 0 fully saturated rings. The summed E-state index contributed by atoms with van der Waals surface area (Å²) in [5.41, 5.74) is -0.119. The highest BCUT2D eigenvalue weighted by Crippen LogP contribution is 2.18. The van der Waals surface area contributed by atoms with E-state index in [0.29, 0.717) is 6.42 Å². The van der Waals surface area contributed by atoms with Gasteiger partial charge in [-0.05, 0) is 12.3 Å². The first kappa shape index (κ1) is 14.6. The number of carbonyl (C=O) groups excluding carboxylic acids is 3. The quantitative estimate of drug-likeness (QED) is 0.568. The summed E-state index contributed by atoms with van der Waals surface area (Å²) < 4.78 is 4.47. The predicted octanol–water partition coefficient (Wildman–Crippen LogP) is 0.671. The standard InChI is InChI=1S/C11H19NO4/c1-5-16-10(15)9(14)12-7-8(13)6-11(2,3)4/h5-7H2,1-4H3,(H,12,14). The smallest absolute Gasteiger partial charge is 0.396 e. The lowest BCUT2D eigenvalue weighted by molar-refractivity contribution is -0.154. The molecule has 0 spiro atoms. The molecule has 0 bridgehead atoms. The minimum atomic E-state index is -0.953. The zero-order valence-electron chi connectivity index (χ0n) is 10.3. The van der Waals surface area contributed by atoms with Crippen LogP contribution >= 0.6 is 0 Å². The molecule has 0 aliphatic heterocycles. The van der Waals surface area contributed by atoms with Crippen LogP contribution in [0.15, 0.2) is 0 Å². The van der Waals surface area contributed by atoms with Crippen LogP contribution in [0.1, 0.15) is 34.1 Å². The van der Waals surface area contributed by atoms with Gasteiger partial charge in [-0.2, -0.15) is 0 Å². The van der Waals surface area contributed by atoms with Gasteiger partial charge in [-0.15, -0.1) is 0 Å². The lowest BCUT2D eigenvalue weighted by Gasteiger charge is -2.16. The number of rotatable bonds is 4. The highest BCUT2D eigenvalue weighted by Gasteiger charge is 2.19. The van der Waals surface area contributed by atoms with Crippen molar-refractivity contribution < 1.29 is 19.1 Å². The number of esters is 1. The lowest BCUT2D eigenvalue weighted by atomic mass is 9.90. The summed E-state index contributed by atoms with van der Waals surface area (Å²) in [6.07, 6.45) is 0.357. The summed E-state index contributed by atoms with van der Waals surface area (Å²) in [4.78, 5) is 33.3. The number of nitrogens with one attached hydrogen (secondary N) is 1. The van der Waals surface area contributed by atoms with Crippen molar-refractivity contribution in [3.8, 4) is 0 Å². The van der Waals surface area contributed by atoms with Gasteiger partial charge in [-0.3, -0.25) is 9.59 Å². The van der Waals surface area contributed by atoms with E-state index in [1.54, 1.807) is 6.92 Å². The Bertz CT molecular complexity index is 278. The van der Waals surface area contributed by atoms with Gasteiger partial charge in [-0.1, -0.05) is 20.8 Å². The van der Waals surface area contributed by atoms with E-state index in [0.717, 1.165) is 0 Å². The predicted molar refractivity (Wildman–Crippen MR) is 58.7 cm³/mol. The highest BCUT2D eigenvalue weighted by atomic mass is 16.5. The third-order valence-corrected chi connectivity index (χ3v) is 1.63. The Morgan fingerprint density at radius 1 is 1.19 bits per heavy atom. The first-order chi connectivity index (χ1) is 7.26. The van der Waals surface area contributed by atoms with E-state index >= 15 is 0 Å². The molecule has 0 aliphatic rings. The average Bonchev–Trinajstić information content (AvgIpc) is 2.11. The molecule has 92 valence electrons. The van der Waals surface area contributed by atoms with Gasteiger partial charge in [0.25, 0.3) is 0 Å². The lowest BCUT2D eigenvalue weighted by Crippen LogP contribution is -2.36. The van der Waals surface area contributed by atoms with Gasteiger partial charge in [0.05, 0.1) is 13.2 Å². The van der Waals surface area contributed by atoms with Crippen LogP contribution in [0, 0.1) is 5.41 Å². The largest absolute Gasteiger partial charge is 0.459 e. The Hall–Kier alpha value is -1.39. The Morgan fingerprint density at radius 3 is 2.19 bits per heavy atom. The number of hydrogen-bond acceptors (Lipinski definition) is 4. The molecule has 0 saturated carbocycles. The van der Waals surface area contributed by atoms with Crippen LogP contribution in [0.5, 0.6) is 0 Å². The molecule has 0 atom stereocenters. The summed E-state index contributed by atoms with van der Waals surface area (Å²) >= 11 is 0. The molecule has 0 rings (SSSR count). The van der Waals surface area contributed by atoms with E-state index in [1.807, 2.05) is 20.8 Å². The van der Waals surface area contributed by atoms with Gasteiger partial charge < -0.3 is 10.1 Å². The van der Waals surface area contributed by atoms with Crippen molar-refractivity contribution in [3.63, 3.8) is 0 Å². The Morgan fingerprint density at radius 2 is 1.75 bits per heavy atom. The van der Waals surface area contributed by atoms with Crippen LogP contribution < -0.4 is 5.32 Å². The van der Waals surface area contributed by atoms with Gasteiger partial charge in [0.15, 0.2) is 5.78 Å². The van der Waals surface area contributed by atoms with Crippen molar-refractivity contribution in [2.75, 3.05) is 13.2 Å². The number of amides is 1. The van der Waals surface area contributed by atoms with E-state index in [2.05, 4.69) is 10.1 Å². The van der Waals surface area contributed by atoms with Crippen LogP contribution in [0.2, 0.25) is 0 Å². The van der Waals surface area contributed by atoms with E-state index in [-0.39, 0.29) is 24.3 Å². The SMILES string of the molecule is CCOC(=O)C(=O)NCC(=O)CC(C)(C)C. The molecule has 5 heteroatoms. The van der Waals surface area contributed by atoms with E-state index in [1.165, 1.54) is 0 Å². The fourth-order valence-electron chi connectivity index (χ4n) is 1.10. The van der Waals surface area contributed by atoms with Crippen molar-refractivity contribution >= 4 is 17.7 Å². The van der Waals surface area contributed by atoms with E-state index < -0.39 is 11.9 Å². The summed E-state index contributed by atoms with van der Waals surface area (Å²) in [5, 5.41) is 2.23. The molecular formula is C11H19NO4. The monoisotopic (exact) mass is 229 g/mol. The summed E-state index contributed by atoms with van der Waals surface area (Å²) in [5.74, 6) is -1.93. The van der Waals surface area contributed by atoms with Crippen molar-refractivity contribution in [2.24, 2.45) is 5.41 Å². The number of ether oxygens (including phenoxy) is 1. The molecular weight excluding hydrogens is 210 g/mol. The normalized spacial score (nSPS) is 10.8. The second kappa shape index (κ2) is 6.25. The summed E-state index contributed by atoms with van der Waals surface area (Å²) in [7, 11) is 0. The molecule has 1 N–H and O–H groups in total. The summed E-state index contributed by atoms with van der Waals surface area (Å²) in [6.45, 7) is 7.40. The molecule has 0 radical (unpaired) electrons. The molecule has 0 saturated heterocycles. The van der Waals surface area contributed by atoms with Crippen LogP contribution in [-0.4, -0.2) is 30.8 Å². The van der Waals surface area contributed by atoms with Crippen LogP contribution in [-0.2, 0) is 19.1 Å². The fraction of sp³-hybridized carbons (Fsp3) is 0.727. The zero-order valence-corrected chi connectivity index (χ0v) is 10.3. The van der Waals surface area contributed by atoms with Gasteiger partial charge in [0, 0.05) is 6.42 Å². The molecule has 0 aromatic rings. The topological polar surface area (TPSA) is 72.5 Å². The fourth-order valence-corrected chi connectivity index (χ4v) is 1.10. The van der Waals surface area contributed by atoms with Crippen LogP contribution in [0.3, 0.4) is 0 Å². The minimum Gasteiger partial charge on any atom is -0.459 e. The van der Waals surface area contributed by atoms with Gasteiger partial charge in [-0.25, -0.2) is 4.79 Å². The van der Waals surface area contributed by atoms with Crippen molar-refractivity contribution in [1.82, 2.24) is 5.32 Å². The van der Waals surface area contributed by atoms with Crippen LogP contribution in [0.25, 0.3) is 0 Å². The van der Waals surface area contributed by atoms with E-state index in [4.69, 9.17) is 0 Å². The third-order valence-electron chi connectivity index (χ3n) is 1.63. The Labute approximate surface area is 95.5 Å². The number of hydrogen-bond donors (Lipinski definition) is 1. The second-order valence-corrected chi connectivity index (χ2v) is 4.68. The second-order valence-electron chi connectivity index (χ2n) is 4.68. The van der Waals surface area contributed by atoms with Crippen LogP contribution in [0.4, 0.5) is 0 Å². The Kier molecular flexibility index (Phi) is 5.71. The third kappa shape index (κ3) is 6.98. The van der Waals surface area contributed by atoms with Gasteiger partial charge in [0.1, 0.15) is 0 Å². The zero-order chi connectivity index (χ0) is 12.8. The molecule has 1 amide bonds. The average molecular weight is 229 g/mol. The molecule has 16 heavy (non-hydrogen) atoms. The molecule has 0 aliphatic carbocycles. The van der Waals surface area contributed by atoms with Crippen molar-refractivity contribution in [3.05, 3.63) is 0 Å². The maximum atomic E-state index is 11.4. The highest BCUT2D eigenvalue weighted by molar-refractivity contribution is 6.32. The first-order valence-electron chi connectivity index (χ1n) is 5.23. The van der Waals surface area contributed by atoms with Crippen molar-refractivity contribution in [1.29, 1.82) is 0 Å². The number of ketones is 1. The summed E-state index contributed by atoms with van der Waals surface area (Å²) in [6, 6.07) is 0. The minimum absolute atomic E-state index is 0.106.